The first-order chi connectivity index (χ1) is 14.6. The summed E-state index contributed by atoms with van der Waals surface area (Å²) in [7, 11) is 0. The van der Waals surface area contributed by atoms with E-state index in [1.54, 1.807) is 12.1 Å². The van der Waals surface area contributed by atoms with Crippen molar-refractivity contribution in [3.05, 3.63) is 98.9 Å². The van der Waals surface area contributed by atoms with E-state index in [1.165, 1.54) is 11.8 Å². The van der Waals surface area contributed by atoms with Crippen molar-refractivity contribution in [3.63, 3.8) is 0 Å². The molecule has 150 valence electrons. The van der Waals surface area contributed by atoms with Crippen molar-refractivity contribution < 1.29 is 9.53 Å². The van der Waals surface area contributed by atoms with Gasteiger partial charge in [-0.2, -0.15) is 0 Å². The van der Waals surface area contributed by atoms with Gasteiger partial charge in [-0.1, -0.05) is 59.6 Å². The van der Waals surface area contributed by atoms with Gasteiger partial charge in [0, 0.05) is 15.6 Å². The van der Waals surface area contributed by atoms with Crippen LogP contribution in [0.1, 0.15) is 11.1 Å². The first-order valence-electron chi connectivity index (χ1n) is 9.08. The fourth-order valence-electron chi connectivity index (χ4n) is 2.75. The molecule has 7 heteroatoms. The van der Waals surface area contributed by atoms with Crippen molar-refractivity contribution in [2.45, 2.75) is 6.61 Å². The molecule has 0 bridgehead atoms. The Bertz CT molecular complexity index is 1150. The standard InChI is InChI=1S/C23H16Cl2N2O2S/c24-17-10-9-16(20(25)13-17)14-29-19-8-4-5-15(11-19)12-21-22(28)27-23(30-21)26-18-6-2-1-3-7-18/h1-13H,14H2,(H,26,27,28)/b21-12-. The number of nitrogens with zero attached hydrogens (tertiary/aromatic N) is 1. The molecule has 3 aromatic carbocycles. The maximum absolute atomic E-state index is 12.3. The summed E-state index contributed by atoms with van der Waals surface area (Å²) in [5.74, 6) is 0.505. The molecule has 1 aliphatic heterocycles. The average Bonchev–Trinajstić information content (AvgIpc) is 3.07. The van der Waals surface area contributed by atoms with Crippen molar-refractivity contribution >= 4 is 57.8 Å². The molecule has 1 saturated heterocycles. The van der Waals surface area contributed by atoms with Crippen LogP contribution >= 0.6 is 35.0 Å². The number of para-hydroxylation sites is 1. The fourth-order valence-corrected chi connectivity index (χ4v) is 4.05. The van der Waals surface area contributed by atoms with Crippen LogP contribution in [0.2, 0.25) is 10.0 Å². The summed E-state index contributed by atoms with van der Waals surface area (Å²) in [4.78, 5) is 17.3. The van der Waals surface area contributed by atoms with Gasteiger partial charge in [-0.15, -0.1) is 0 Å². The van der Waals surface area contributed by atoms with Gasteiger partial charge in [0.25, 0.3) is 5.91 Å². The Morgan fingerprint density at radius 1 is 1.00 bits per heavy atom. The third-order valence-electron chi connectivity index (χ3n) is 4.20. The molecule has 4 rings (SSSR count). The maximum atomic E-state index is 12.3. The molecule has 1 amide bonds. The van der Waals surface area contributed by atoms with Gasteiger partial charge in [0.2, 0.25) is 0 Å². The van der Waals surface area contributed by atoms with Gasteiger partial charge >= 0.3 is 0 Å². The molecule has 0 aliphatic carbocycles. The zero-order chi connectivity index (χ0) is 20.9. The van der Waals surface area contributed by atoms with Gasteiger partial charge in [0.1, 0.15) is 12.4 Å². The Hall–Kier alpha value is -2.73. The van der Waals surface area contributed by atoms with Crippen LogP contribution < -0.4 is 10.1 Å². The van der Waals surface area contributed by atoms with Crippen molar-refractivity contribution in [1.29, 1.82) is 0 Å². The van der Waals surface area contributed by atoms with E-state index in [4.69, 9.17) is 27.9 Å². The molecule has 1 N–H and O–H groups in total. The van der Waals surface area contributed by atoms with Crippen molar-refractivity contribution in [2.75, 3.05) is 0 Å². The minimum Gasteiger partial charge on any atom is -0.489 e. The van der Waals surface area contributed by atoms with E-state index in [-0.39, 0.29) is 5.91 Å². The molecular weight excluding hydrogens is 439 g/mol. The number of benzene rings is 3. The van der Waals surface area contributed by atoms with Crippen LogP contribution in [0.25, 0.3) is 6.08 Å². The van der Waals surface area contributed by atoms with E-state index in [1.807, 2.05) is 66.7 Å². The lowest BCUT2D eigenvalue weighted by molar-refractivity contribution is -0.115. The normalized spacial score (nSPS) is 16.1. The molecule has 30 heavy (non-hydrogen) atoms. The van der Waals surface area contributed by atoms with Crippen LogP contribution in [0.3, 0.4) is 0 Å². The number of thioether (sulfide) groups is 1. The van der Waals surface area contributed by atoms with E-state index in [9.17, 15) is 4.79 Å². The van der Waals surface area contributed by atoms with Crippen molar-refractivity contribution in [3.8, 4) is 5.75 Å². The quantitative estimate of drug-likeness (QED) is 0.449. The second kappa shape index (κ2) is 9.39. The fraction of sp³-hybridized carbons (Fsp3) is 0.0435. The van der Waals surface area contributed by atoms with Crippen molar-refractivity contribution in [2.24, 2.45) is 4.99 Å². The van der Waals surface area contributed by atoms with Gasteiger partial charge in [0.15, 0.2) is 5.17 Å². The second-order valence-electron chi connectivity index (χ2n) is 6.41. The Morgan fingerprint density at radius 3 is 2.63 bits per heavy atom. The summed E-state index contributed by atoms with van der Waals surface area (Å²) in [6.45, 7) is 0.319. The Labute approximate surface area is 188 Å². The van der Waals surface area contributed by atoms with Crippen LogP contribution in [0.4, 0.5) is 5.69 Å². The minimum atomic E-state index is -0.172. The highest BCUT2D eigenvalue weighted by Crippen LogP contribution is 2.29. The molecule has 1 aliphatic rings. The van der Waals surface area contributed by atoms with Crippen LogP contribution in [0.15, 0.2) is 82.7 Å². The average molecular weight is 455 g/mol. The lowest BCUT2D eigenvalue weighted by Crippen LogP contribution is -2.19. The van der Waals surface area contributed by atoms with Gasteiger partial charge < -0.3 is 10.1 Å². The molecule has 0 radical (unpaired) electrons. The maximum Gasteiger partial charge on any atom is 0.264 e. The van der Waals surface area contributed by atoms with Gasteiger partial charge in [0.05, 0.1) is 10.6 Å². The smallest absolute Gasteiger partial charge is 0.264 e. The van der Waals surface area contributed by atoms with Gasteiger partial charge in [-0.05, 0) is 59.8 Å². The molecule has 0 spiro atoms. The monoisotopic (exact) mass is 454 g/mol. The third-order valence-corrected chi connectivity index (χ3v) is 5.70. The topological polar surface area (TPSA) is 50.7 Å². The molecule has 0 atom stereocenters. The largest absolute Gasteiger partial charge is 0.489 e. The van der Waals surface area contributed by atoms with E-state index >= 15 is 0 Å². The highest BCUT2D eigenvalue weighted by atomic mass is 35.5. The summed E-state index contributed by atoms with van der Waals surface area (Å²) in [5.41, 5.74) is 2.49. The number of aliphatic imine (C=N–C) groups is 1. The predicted molar refractivity (Wildman–Crippen MR) is 124 cm³/mol. The van der Waals surface area contributed by atoms with Crippen LogP contribution in [0, 0.1) is 0 Å². The van der Waals surface area contributed by atoms with Crippen LogP contribution in [-0.4, -0.2) is 11.1 Å². The molecule has 1 fully saturated rings. The molecule has 0 aromatic heterocycles. The number of nitrogens with one attached hydrogen (secondary N) is 1. The Kier molecular flexibility index (Phi) is 6.43. The van der Waals surface area contributed by atoms with Gasteiger partial charge in [-0.25, -0.2) is 4.99 Å². The zero-order valence-corrected chi connectivity index (χ0v) is 18.0. The molecular formula is C23H16Cl2N2O2S. The number of hydrogen-bond acceptors (Lipinski definition) is 4. The number of hydrogen-bond donors (Lipinski definition) is 1. The summed E-state index contributed by atoms with van der Waals surface area (Å²) in [5, 5.41) is 4.49. The lowest BCUT2D eigenvalue weighted by atomic mass is 10.2. The number of carbonyl (C=O) groups is 1. The molecule has 3 aromatic rings. The number of halogens is 2. The first kappa shape index (κ1) is 20.5. The summed E-state index contributed by atoms with van der Waals surface area (Å²) < 4.78 is 5.86. The molecule has 0 saturated carbocycles. The number of amides is 1. The zero-order valence-electron chi connectivity index (χ0n) is 15.6. The van der Waals surface area contributed by atoms with E-state index in [0.717, 1.165) is 16.8 Å². The molecule has 0 unspecified atom stereocenters. The highest BCUT2D eigenvalue weighted by Gasteiger charge is 2.23. The molecule has 4 nitrogen and oxygen atoms in total. The Balaban J connectivity index is 1.46. The number of ether oxygens (including phenoxy) is 1. The van der Waals surface area contributed by atoms with E-state index in [2.05, 4.69) is 10.3 Å². The third kappa shape index (κ3) is 5.25. The first-order valence-corrected chi connectivity index (χ1v) is 10.7. The predicted octanol–water partition coefficient (Wildman–Crippen LogP) is 6.46. The van der Waals surface area contributed by atoms with Gasteiger partial charge in [-0.3, -0.25) is 4.79 Å². The number of carbonyl (C=O) groups excluding carboxylic acids is 1. The van der Waals surface area contributed by atoms with Crippen LogP contribution in [-0.2, 0) is 11.4 Å². The van der Waals surface area contributed by atoms with Crippen molar-refractivity contribution in [1.82, 2.24) is 5.32 Å². The summed E-state index contributed by atoms with van der Waals surface area (Å²) in [6.07, 6.45) is 1.82. The summed E-state index contributed by atoms with van der Waals surface area (Å²) in [6, 6.07) is 22.3. The van der Waals surface area contributed by atoms with E-state index < -0.39 is 0 Å². The molecule has 1 heterocycles. The highest BCUT2D eigenvalue weighted by molar-refractivity contribution is 8.18. The summed E-state index contributed by atoms with van der Waals surface area (Å²) >= 11 is 13.4. The number of rotatable bonds is 5. The van der Waals surface area contributed by atoms with E-state index in [0.29, 0.717) is 32.5 Å². The Morgan fingerprint density at radius 2 is 1.83 bits per heavy atom. The van der Waals surface area contributed by atoms with Crippen LogP contribution in [0.5, 0.6) is 5.75 Å². The second-order valence-corrected chi connectivity index (χ2v) is 8.29. The number of amidine groups is 1. The minimum absolute atomic E-state index is 0.172. The SMILES string of the molecule is O=C1NC(=Nc2ccccc2)S/C1=C\c1cccc(OCc2ccc(Cl)cc2Cl)c1. The lowest BCUT2D eigenvalue weighted by Gasteiger charge is -2.09.